The zero-order valence-corrected chi connectivity index (χ0v) is 9.34. The molecule has 0 saturated carbocycles. The summed E-state index contributed by atoms with van der Waals surface area (Å²) < 4.78 is 25.5. The van der Waals surface area contributed by atoms with Gasteiger partial charge in [0.1, 0.15) is 0 Å². The highest BCUT2D eigenvalue weighted by atomic mass is 35.5. The van der Waals surface area contributed by atoms with E-state index in [-0.39, 0.29) is 17.0 Å². The molecule has 0 saturated heterocycles. The van der Waals surface area contributed by atoms with Crippen molar-refractivity contribution < 1.29 is 18.7 Å². The zero-order chi connectivity index (χ0) is 13.0. The Hall–Kier alpha value is -1.67. The van der Waals surface area contributed by atoms with Crippen molar-refractivity contribution in [1.82, 2.24) is 0 Å². The van der Waals surface area contributed by atoms with Crippen LogP contribution in [0.1, 0.15) is 28.7 Å². The summed E-state index contributed by atoms with van der Waals surface area (Å²) in [6, 6.07) is 4.18. The number of rotatable bonds is 4. The first-order chi connectivity index (χ1) is 7.99. The van der Waals surface area contributed by atoms with Crippen molar-refractivity contribution in [3.05, 3.63) is 34.4 Å². The summed E-state index contributed by atoms with van der Waals surface area (Å²) in [5.74, 6) is -1.27. The predicted octanol–water partition coefficient (Wildman–Crippen LogP) is 2.86. The number of benzene rings is 1. The number of aliphatic carboxylic acids is 1. The van der Waals surface area contributed by atoms with Crippen molar-refractivity contribution in [1.29, 1.82) is 5.26 Å². The summed E-state index contributed by atoms with van der Waals surface area (Å²) in [4.78, 5) is 10.6. The van der Waals surface area contributed by atoms with Gasteiger partial charge in [0.15, 0.2) is 0 Å². The minimum Gasteiger partial charge on any atom is -0.481 e. The van der Waals surface area contributed by atoms with E-state index in [9.17, 15) is 13.6 Å². The van der Waals surface area contributed by atoms with E-state index < -0.39 is 24.4 Å². The molecule has 0 amide bonds. The van der Waals surface area contributed by atoms with E-state index in [1.165, 1.54) is 6.07 Å². The molecule has 0 fully saturated rings. The molecule has 0 bridgehead atoms. The fourth-order valence-corrected chi connectivity index (χ4v) is 1.63. The minimum atomic E-state index is -2.83. The van der Waals surface area contributed by atoms with E-state index >= 15 is 0 Å². The van der Waals surface area contributed by atoms with Gasteiger partial charge in [0, 0.05) is 11.4 Å². The van der Waals surface area contributed by atoms with Crippen LogP contribution < -0.4 is 0 Å². The molecule has 6 heteroatoms. The van der Waals surface area contributed by atoms with Gasteiger partial charge in [0.2, 0.25) is 0 Å². The van der Waals surface area contributed by atoms with Gasteiger partial charge in [0.05, 0.1) is 18.1 Å². The molecule has 1 aromatic rings. The van der Waals surface area contributed by atoms with Crippen LogP contribution in [-0.4, -0.2) is 11.1 Å². The summed E-state index contributed by atoms with van der Waals surface area (Å²) >= 11 is 5.52. The molecule has 90 valence electrons. The van der Waals surface area contributed by atoms with Crippen LogP contribution in [0.4, 0.5) is 8.78 Å². The lowest BCUT2D eigenvalue weighted by atomic mass is 9.96. The lowest BCUT2D eigenvalue weighted by Gasteiger charge is -2.11. The van der Waals surface area contributed by atoms with Crippen LogP contribution in [0, 0.1) is 11.3 Å². The van der Waals surface area contributed by atoms with Gasteiger partial charge in [-0.1, -0.05) is 0 Å². The van der Waals surface area contributed by atoms with Crippen molar-refractivity contribution in [3.63, 3.8) is 0 Å². The van der Waals surface area contributed by atoms with Crippen molar-refractivity contribution in [3.8, 4) is 6.07 Å². The van der Waals surface area contributed by atoms with Crippen LogP contribution >= 0.6 is 11.6 Å². The molecule has 0 atom stereocenters. The third-order valence-electron chi connectivity index (χ3n) is 2.18. The highest BCUT2D eigenvalue weighted by Gasteiger charge is 2.19. The van der Waals surface area contributed by atoms with Crippen molar-refractivity contribution in [2.24, 2.45) is 0 Å². The molecular formula is C11H8ClF2NO2. The SMILES string of the molecule is N#Cc1cc(CCl)cc(C(F)F)c1CC(=O)O. The number of nitriles is 1. The van der Waals surface area contributed by atoms with Crippen LogP contribution in [0.15, 0.2) is 12.1 Å². The summed E-state index contributed by atoms with van der Waals surface area (Å²) in [7, 11) is 0. The number of hydrogen-bond donors (Lipinski definition) is 1. The standard InChI is InChI=1S/C11H8ClF2NO2/c12-4-6-1-7(5-15)8(3-10(16)17)9(2-6)11(13)14/h1-2,11H,3-4H2,(H,16,17). The second-order valence-corrected chi connectivity index (χ2v) is 3.60. The maximum atomic E-state index is 12.8. The van der Waals surface area contributed by atoms with Gasteiger partial charge in [-0.15, -0.1) is 11.6 Å². The number of halogens is 3. The molecule has 3 nitrogen and oxygen atoms in total. The Labute approximate surface area is 101 Å². The summed E-state index contributed by atoms with van der Waals surface area (Å²) in [6.45, 7) is 0. The lowest BCUT2D eigenvalue weighted by molar-refractivity contribution is -0.136. The topological polar surface area (TPSA) is 61.1 Å². The first-order valence-corrected chi connectivity index (χ1v) is 5.14. The largest absolute Gasteiger partial charge is 0.481 e. The van der Waals surface area contributed by atoms with Gasteiger partial charge >= 0.3 is 5.97 Å². The van der Waals surface area contributed by atoms with E-state index in [2.05, 4.69) is 0 Å². The van der Waals surface area contributed by atoms with Crippen LogP contribution in [0.5, 0.6) is 0 Å². The van der Waals surface area contributed by atoms with Crippen molar-refractivity contribution in [2.75, 3.05) is 0 Å². The van der Waals surface area contributed by atoms with Crippen molar-refractivity contribution >= 4 is 17.6 Å². The smallest absolute Gasteiger partial charge is 0.307 e. The van der Waals surface area contributed by atoms with Gasteiger partial charge in [-0.25, -0.2) is 8.78 Å². The Morgan fingerprint density at radius 1 is 1.53 bits per heavy atom. The molecule has 1 N–H and O–H groups in total. The number of alkyl halides is 3. The van der Waals surface area contributed by atoms with E-state index in [4.69, 9.17) is 22.0 Å². The highest BCUT2D eigenvalue weighted by Crippen LogP contribution is 2.28. The molecule has 0 aliphatic carbocycles. The molecule has 0 heterocycles. The van der Waals surface area contributed by atoms with Gasteiger partial charge in [-0.05, 0) is 23.3 Å². The molecule has 1 rings (SSSR count). The Kier molecular flexibility index (Phi) is 4.41. The normalized spacial score (nSPS) is 10.3. The lowest BCUT2D eigenvalue weighted by Crippen LogP contribution is -2.07. The van der Waals surface area contributed by atoms with Crippen LogP contribution in [0.3, 0.4) is 0 Å². The maximum Gasteiger partial charge on any atom is 0.307 e. The van der Waals surface area contributed by atoms with Gasteiger partial charge < -0.3 is 5.11 Å². The molecule has 0 radical (unpaired) electrons. The van der Waals surface area contributed by atoms with Crippen LogP contribution in [-0.2, 0) is 17.1 Å². The monoisotopic (exact) mass is 259 g/mol. The molecule has 1 aromatic carbocycles. The van der Waals surface area contributed by atoms with Gasteiger partial charge in [0.25, 0.3) is 6.43 Å². The molecular weight excluding hydrogens is 252 g/mol. The fourth-order valence-electron chi connectivity index (χ4n) is 1.48. The van der Waals surface area contributed by atoms with E-state index in [0.717, 1.165) is 6.07 Å². The van der Waals surface area contributed by atoms with Crippen molar-refractivity contribution in [2.45, 2.75) is 18.7 Å². The van der Waals surface area contributed by atoms with E-state index in [1.807, 2.05) is 0 Å². The maximum absolute atomic E-state index is 12.8. The average Bonchev–Trinajstić information content (AvgIpc) is 2.28. The first-order valence-electron chi connectivity index (χ1n) is 4.61. The highest BCUT2D eigenvalue weighted by molar-refractivity contribution is 6.17. The molecule has 0 aliphatic heterocycles. The molecule has 0 spiro atoms. The number of carboxylic acid groups (broad SMARTS) is 1. The Morgan fingerprint density at radius 3 is 2.59 bits per heavy atom. The van der Waals surface area contributed by atoms with Crippen LogP contribution in [0.2, 0.25) is 0 Å². The molecule has 17 heavy (non-hydrogen) atoms. The van der Waals surface area contributed by atoms with Gasteiger partial charge in [-0.3, -0.25) is 4.79 Å². The Balaban J connectivity index is 3.42. The molecule has 0 aliphatic rings. The van der Waals surface area contributed by atoms with Gasteiger partial charge in [-0.2, -0.15) is 5.26 Å². The first kappa shape index (κ1) is 13.4. The Bertz CT molecular complexity index is 483. The summed E-state index contributed by atoms with van der Waals surface area (Å²) in [5, 5.41) is 17.5. The predicted molar refractivity (Wildman–Crippen MR) is 57.0 cm³/mol. The molecule has 0 aromatic heterocycles. The number of carboxylic acids is 1. The third-order valence-corrected chi connectivity index (χ3v) is 2.49. The quantitative estimate of drug-likeness (QED) is 0.846. The second kappa shape index (κ2) is 5.60. The van der Waals surface area contributed by atoms with E-state index in [1.54, 1.807) is 6.07 Å². The van der Waals surface area contributed by atoms with E-state index in [0.29, 0.717) is 5.56 Å². The summed E-state index contributed by atoms with van der Waals surface area (Å²) in [5.41, 5.74) is -0.292. The van der Waals surface area contributed by atoms with Crippen LogP contribution in [0.25, 0.3) is 0 Å². The summed E-state index contributed by atoms with van der Waals surface area (Å²) in [6.07, 6.45) is -3.44. The second-order valence-electron chi connectivity index (χ2n) is 3.33. The minimum absolute atomic E-state index is 0.0122. The average molecular weight is 260 g/mol. The molecule has 0 unspecified atom stereocenters. The zero-order valence-electron chi connectivity index (χ0n) is 8.58. The number of carbonyl (C=O) groups is 1. The fraction of sp³-hybridized carbons (Fsp3) is 0.273. The Morgan fingerprint density at radius 2 is 2.18 bits per heavy atom. The third kappa shape index (κ3) is 3.14. The number of hydrogen-bond acceptors (Lipinski definition) is 2. The number of nitrogens with zero attached hydrogens (tertiary/aromatic N) is 1.